The molecule has 0 bridgehead atoms. The molecule has 1 aromatic heterocycles. The van der Waals surface area contributed by atoms with Crippen LogP contribution in [0.15, 0.2) is 12.4 Å². The minimum Gasteiger partial charge on any atom is -0.383 e. The third-order valence-electron chi connectivity index (χ3n) is 2.21. The van der Waals surface area contributed by atoms with Gasteiger partial charge in [-0.25, -0.2) is 0 Å². The highest BCUT2D eigenvalue weighted by Gasteiger charge is 2.04. The predicted octanol–water partition coefficient (Wildman–Crippen LogP) is 0.935. The van der Waals surface area contributed by atoms with Crippen LogP contribution in [0, 0.1) is 0 Å². The Balaban J connectivity index is 2.31. The first-order chi connectivity index (χ1) is 6.76. The Morgan fingerprint density at radius 2 is 2.43 bits per heavy atom. The van der Waals surface area contributed by atoms with Gasteiger partial charge in [0.25, 0.3) is 0 Å². The molecule has 0 aromatic carbocycles. The largest absolute Gasteiger partial charge is 0.383 e. The molecule has 80 valence electrons. The minimum absolute atomic E-state index is 0.431. The van der Waals surface area contributed by atoms with E-state index in [-0.39, 0.29) is 0 Å². The zero-order valence-corrected chi connectivity index (χ0v) is 9.16. The van der Waals surface area contributed by atoms with Gasteiger partial charge in [0.1, 0.15) is 0 Å². The van der Waals surface area contributed by atoms with Crippen molar-refractivity contribution >= 4 is 0 Å². The van der Waals surface area contributed by atoms with Crippen molar-refractivity contribution in [2.75, 3.05) is 13.7 Å². The maximum atomic E-state index is 5.11. The van der Waals surface area contributed by atoms with Gasteiger partial charge in [-0.1, -0.05) is 6.92 Å². The van der Waals surface area contributed by atoms with Gasteiger partial charge in [0.2, 0.25) is 0 Å². The van der Waals surface area contributed by atoms with Gasteiger partial charge in [-0.15, -0.1) is 0 Å². The van der Waals surface area contributed by atoms with Gasteiger partial charge in [0, 0.05) is 38.5 Å². The van der Waals surface area contributed by atoms with Crippen molar-refractivity contribution in [3.63, 3.8) is 0 Å². The minimum atomic E-state index is 0.431. The fourth-order valence-electron chi connectivity index (χ4n) is 1.35. The van der Waals surface area contributed by atoms with E-state index in [9.17, 15) is 0 Å². The number of hydrogen-bond acceptors (Lipinski definition) is 3. The molecule has 4 heteroatoms. The number of aromatic nitrogens is 2. The molecule has 1 aromatic rings. The SMILES string of the molecule is CCC(COC)NCc1cnn(C)c1. The van der Waals surface area contributed by atoms with Crippen LogP contribution in [0.4, 0.5) is 0 Å². The third kappa shape index (κ3) is 3.47. The van der Waals surface area contributed by atoms with Crippen LogP contribution in [0.25, 0.3) is 0 Å². The Morgan fingerprint density at radius 3 is 2.93 bits per heavy atom. The molecule has 1 rings (SSSR count). The summed E-state index contributed by atoms with van der Waals surface area (Å²) >= 11 is 0. The highest BCUT2D eigenvalue weighted by Crippen LogP contribution is 1.98. The molecule has 14 heavy (non-hydrogen) atoms. The van der Waals surface area contributed by atoms with Crippen LogP contribution in [0.5, 0.6) is 0 Å². The number of ether oxygens (including phenoxy) is 1. The van der Waals surface area contributed by atoms with E-state index in [1.54, 1.807) is 7.11 Å². The van der Waals surface area contributed by atoms with Gasteiger partial charge in [-0.3, -0.25) is 4.68 Å². The summed E-state index contributed by atoms with van der Waals surface area (Å²) in [5.74, 6) is 0. The van der Waals surface area contributed by atoms with Gasteiger partial charge >= 0.3 is 0 Å². The molecule has 0 radical (unpaired) electrons. The summed E-state index contributed by atoms with van der Waals surface area (Å²) in [5, 5.41) is 7.53. The Hall–Kier alpha value is -0.870. The van der Waals surface area contributed by atoms with E-state index in [1.807, 2.05) is 24.1 Å². The van der Waals surface area contributed by atoms with E-state index in [1.165, 1.54) is 5.56 Å². The summed E-state index contributed by atoms with van der Waals surface area (Å²) in [7, 11) is 3.66. The summed E-state index contributed by atoms with van der Waals surface area (Å²) in [6, 6.07) is 0.431. The lowest BCUT2D eigenvalue weighted by molar-refractivity contribution is 0.164. The number of nitrogens with one attached hydrogen (secondary N) is 1. The molecule has 0 saturated carbocycles. The molecule has 4 nitrogen and oxygen atoms in total. The zero-order chi connectivity index (χ0) is 10.4. The molecule has 0 saturated heterocycles. The quantitative estimate of drug-likeness (QED) is 0.737. The number of hydrogen-bond donors (Lipinski definition) is 1. The Morgan fingerprint density at radius 1 is 1.64 bits per heavy atom. The van der Waals surface area contributed by atoms with E-state index in [0.717, 1.165) is 19.6 Å². The third-order valence-corrected chi connectivity index (χ3v) is 2.21. The van der Waals surface area contributed by atoms with Crippen molar-refractivity contribution in [2.45, 2.75) is 25.9 Å². The summed E-state index contributed by atoms with van der Waals surface area (Å²) in [5.41, 5.74) is 1.21. The van der Waals surface area contributed by atoms with Crippen LogP contribution >= 0.6 is 0 Å². The van der Waals surface area contributed by atoms with Crippen LogP contribution in [0.1, 0.15) is 18.9 Å². The van der Waals surface area contributed by atoms with Crippen molar-refractivity contribution in [1.82, 2.24) is 15.1 Å². The van der Waals surface area contributed by atoms with Gasteiger partial charge in [-0.05, 0) is 6.42 Å². The van der Waals surface area contributed by atoms with E-state index in [2.05, 4.69) is 17.3 Å². The number of aryl methyl sites for hydroxylation is 1. The second-order valence-electron chi connectivity index (χ2n) is 3.46. The topological polar surface area (TPSA) is 39.1 Å². The van der Waals surface area contributed by atoms with Crippen molar-refractivity contribution in [1.29, 1.82) is 0 Å². The molecule has 0 aliphatic rings. The van der Waals surface area contributed by atoms with Crippen LogP contribution in [-0.2, 0) is 18.3 Å². The highest BCUT2D eigenvalue weighted by molar-refractivity contribution is 5.03. The van der Waals surface area contributed by atoms with Gasteiger partial charge < -0.3 is 10.1 Å². The number of nitrogens with zero attached hydrogens (tertiary/aromatic N) is 2. The Kier molecular flexibility index (Phi) is 4.62. The van der Waals surface area contributed by atoms with Crippen molar-refractivity contribution in [2.24, 2.45) is 7.05 Å². The molecular weight excluding hydrogens is 178 g/mol. The van der Waals surface area contributed by atoms with Crippen molar-refractivity contribution < 1.29 is 4.74 Å². The zero-order valence-electron chi connectivity index (χ0n) is 9.16. The molecule has 0 aliphatic heterocycles. The normalized spacial score (nSPS) is 13.1. The first-order valence-corrected chi connectivity index (χ1v) is 4.96. The van der Waals surface area contributed by atoms with Crippen LogP contribution in [0.3, 0.4) is 0 Å². The molecule has 0 fully saturated rings. The predicted molar refractivity (Wildman–Crippen MR) is 56.0 cm³/mol. The molecule has 1 atom stereocenters. The standard InChI is InChI=1S/C10H19N3O/c1-4-10(8-14-3)11-5-9-6-12-13(2)7-9/h6-7,10-11H,4-5,8H2,1-3H3. The first-order valence-electron chi connectivity index (χ1n) is 4.96. The molecule has 0 amide bonds. The fraction of sp³-hybridized carbons (Fsp3) is 0.700. The lowest BCUT2D eigenvalue weighted by atomic mass is 10.2. The summed E-state index contributed by atoms with van der Waals surface area (Å²) in [4.78, 5) is 0. The van der Waals surface area contributed by atoms with Crippen LogP contribution < -0.4 is 5.32 Å². The monoisotopic (exact) mass is 197 g/mol. The summed E-state index contributed by atoms with van der Waals surface area (Å²) in [6.45, 7) is 3.77. The van der Waals surface area contributed by atoms with Crippen LogP contribution in [-0.4, -0.2) is 29.5 Å². The van der Waals surface area contributed by atoms with Crippen LogP contribution in [0.2, 0.25) is 0 Å². The Labute approximate surface area is 85.3 Å². The molecule has 1 unspecified atom stereocenters. The molecule has 1 heterocycles. The lowest BCUT2D eigenvalue weighted by Gasteiger charge is -2.14. The second kappa shape index (κ2) is 5.78. The van der Waals surface area contributed by atoms with Gasteiger partial charge in [-0.2, -0.15) is 5.10 Å². The maximum absolute atomic E-state index is 5.11. The number of methoxy groups -OCH3 is 1. The second-order valence-corrected chi connectivity index (χ2v) is 3.46. The smallest absolute Gasteiger partial charge is 0.0615 e. The van der Waals surface area contributed by atoms with Gasteiger partial charge in [0.15, 0.2) is 0 Å². The Bertz CT molecular complexity index is 260. The van der Waals surface area contributed by atoms with E-state index >= 15 is 0 Å². The molecule has 0 aliphatic carbocycles. The van der Waals surface area contributed by atoms with Crippen molar-refractivity contribution in [3.8, 4) is 0 Å². The summed E-state index contributed by atoms with van der Waals surface area (Å²) in [6.07, 6.45) is 4.98. The summed E-state index contributed by atoms with van der Waals surface area (Å²) < 4.78 is 6.92. The lowest BCUT2D eigenvalue weighted by Crippen LogP contribution is -2.31. The van der Waals surface area contributed by atoms with E-state index in [4.69, 9.17) is 4.74 Å². The average Bonchev–Trinajstić information content (AvgIpc) is 2.59. The molecular formula is C10H19N3O. The van der Waals surface area contributed by atoms with Gasteiger partial charge in [0.05, 0.1) is 12.8 Å². The highest BCUT2D eigenvalue weighted by atomic mass is 16.5. The average molecular weight is 197 g/mol. The first kappa shape index (κ1) is 11.2. The van der Waals surface area contributed by atoms with E-state index in [0.29, 0.717) is 6.04 Å². The maximum Gasteiger partial charge on any atom is 0.0615 e. The molecule has 1 N–H and O–H groups in total. The molecule has 0 spiro atoms. The number of rotatable bonds is 6. The van der Waals surface area contributed by atoms with Crippen molar-refractivity contribution in [3.05, 3.63) is 18.0 Å². The fourth-order valence-corrected chi connectivity index (χ4v) is 1.35. The van der Waals surface area contributed by atoms with E-state index < -0.39 is 0 Å².